The van der Waals surface area contributed by atoms with Crippen molar-refractivity contribution in [2.24, 2.45) is 0 Å². The van der Waals surface area contributed by atoms with Crippen molar-refractivity contribution in [1.82, 2.24) is 10.2 Å². The van der Waals surface area contributed by atoms with Gasteiger partial charge in [0.15, 0.2) is 11.5 Å². The van der Waals surface area contributed by atoms with E-state index in [0.29, 0.717) is 54.9 Å². The summed E-state index contributed by atoms with van der Waals surface area (Å²) in [6.45, 7) is 7.15. The van der Waals surface area contributed by atoms with Gasteiger partial charge in [0.05, 0.1) is 17.8 Å². The molecule has 164 valence electrons. The highest BCUT2D eigenvalue weighted by Crippen LogP contribution is 2.29. The van der Waals surface area contributed by atoms with E-state index in [-0.39, 0.29) is 35.6 Å². The van der Waals surface area contributed by atoms with Gasteiger partial charge >= 0.3 is 0 Å². The summed E-state index contributed by atoms with van der Waals surface area (Å²) in [4.78, 5) is 39.3. The number of morpholine rings is 1. The summed E-state index contributed by atoms with van der Waals surface area (Å²) in [6.07, 6.45) is 1.99. The minimum Gasteiger partial charge on any atom is -0.455 e. The highest BCUT2D eigenvalue weighted by Gasteiger charge is 2.29. The third-order valence-electron chi connectivity index (χ3n) is 5.87. The Kier molecular flexibility index (Phi) is 5.96. The van der Waals surface area contributed by atoms with Crippen molar-refractivity contribution in [2.75, 3.05) is 13.1 Å². The number of furan rings is 1. The number of nitrogens with one attached hydrogen (secondary N) is 1. The van der Waals surface area contributed by atoms with Crippen molar-refractivity contribution < 1.29 is 23.5 Å². The molecule has 1 aliphatic heterocycles. The number of benzene rings is 1. The van der Waals surface area contributed by atoms with E-state index < -0.39 is 0 Å². The van der Waals surface area contributed by atoms with Crippen LogP contribution in [0.15, 0.2) is 28.7 Å². The summed E-state index contributed by atoms with van der Waals surface area (Å²) in [7, 11) is 0. The zero-order valence-corrected chi connectivity index (χ0v) is 18.2. The molecule has 0 bridgehead atoms. The summed E-state index contributed by atoms with van der Waals surface area (Å²) >= 11 is 0. The number of rotatable bonds is 4. The first-order valence-electron chi connectivity index (χ1n) is 10.8. The molecule has 2 amide bonds. The van der Waals surface area contributed by atoms with Crippen molar-refractivity contribution in [1.29, 1.82) is 0 Å². The van der Waals surface area contributed by atoms with Crippen LogP contribution in [0.3, 0.4) is 0 Å². The summed E-state index contributed by atoms with van der Waals surface area (Å²) in [5.41, 5.74) is 2.68. The lowest BCUT2D eigenvalue weighted by molar-refractivity contribution is -0.0586. The number of hydrogen-bond acceptors (Lipinski definition) is 5. The van der Waals surface area contributed by atoms with Crippen LogP contribution in [-0.2, 0) is 17.7 Å². The van der Waals surface area contributed by atoms with E-state index in [0.717, 1.165) is 12.0 Å². The van der Waals surface area contributed by atoms with E-state index in [1.165, 1.54) is 0 Å². The molecule has 0 spiro atoms. The van der Waals surface area contributed by atoms with Crippen molar-refractivity contribution in [3.8, 4) is 0 Å². The number of nitrogens with zero attached hydrogens (tertiary/aromatic N) is 1. The van der Waals surface area contributed by atoms with E-state index in [2.05, 4.69) is 5.32 Å². The molecule has 2 unspecified atom stereocenters. The van der Waals surface area contributed by atoms with Gasteiger partial charge in [0.2, 0.25) is 0 Å². The van der Waals surface area contributed by atoms with Crippen molar-refractivity contribution in [2.45, 2.75) is 58.8 Å². The van der Waals surface area contributed by atoms with Gasteiger partial charge in [-0.2, -0.15) is 0 Å². The van der Waals surface area contributed by atoms with Gasteiger partial charge in [-0.3, -0.25) is 14.4 Å². The van der Waals surface area contributed by atoms with Gasteiger partial charge in [-0.15, -0.1) is 0 Å². The summed E-state index contributed by atoms with van der Waals surface area (Å²) in [5.74, 6) is 0.525. The molecule has 0 saturated carbocycles. The van der Waals surface area contributed by atoms with Gasteiger partial charge in [-0.05, 0) is 44.9 Å². The second kappa shape index (κ2) is 8.67. The zero-order chi connectivity index (χ0) is 22.1. The normalized spacial score (nSPS) is 21.0. The van der Waals surface area contributed by atoms with E-state index in [1.807, 2.05) is 30.9 Å². The van der Waals surface area contributed by atoms with Crippen LogP contribution in [0.1, 0.15) is 74.8 Å². The van der Waals surface area contributed by atoms with E-state index >= 15 is 0 Å². The van der Waals surface area contributed by atoms with Crippen LogP contribution in [-0.4, -0.2) is 47.8 Å². The average Bonchev–Trinajstić information content (AvgIpc) is 3.09. The van der Waals surface area contributed by atoms with Crippen molar-refractivity contribution in [3.63, 3.8) is 0 Å². The van der Waals surface area contributed by atoms with Crippen LogP contribution in [0.5, 0.6) is 0 Å². The predicted molar refractivity (Wildman–Crippen MR) is 114 cm³/mol. The molecule has 1 saturated heterocycles. The van der Waals surface area contributed by atoms with Crippen LogP contribution in [0.25, 0.3) is 0 Å². The van der Waals surface area contributed by atoms with Crippen LogP contribution < -0.4 is 5.32 Å². The molecule has 2 atom stereocenters. The number of hydrogen-bond donors (Lipinski definition) is 1. The number of amides is 2. The molecule has 1 aliphatic carbocycles. The second-order valence-electron chi connectivity index (χ2n) is 8.48. The third-order valence-corrected chi connectivity index (χ3v) is 5.87. The Balaban J connectivity index is 1.38. The van der Waals surface area contributed by atoms with E-state index in [1.54, 1.807) is 19.1 Å². The maximum atomic E-state index is 12.8. The third kappa shape index (κ3) is 4.42. The highest BCUT2D eigenvalue weighted by atomic mass is 16.5. The number of carbonyl (C=O) groups excluding carboxylic acids is 3. The quantitative estimate of drug-likeness (QED) is 0.814. The molecule has 1 N–H and O–H groups in total. The molecule has 31 heavy (non-hydrogen) atoms. The number of carbonyl (C=O) groups is 3. The minimum atomic E-state index is -0.337. The lowest BCUT2D eigenvalue weighted by Crippen LogP contribution is -2.48. The van der Waals surface area contributed by atoms with Crippen LogP contribution >= 0.6 is 0 Å². The Morgan fingerprint density at radius 3 is 2.42 bits per heavy atom. The SMILES string of the molecule is Cc1c(C(=O)NCc2ccc(C(=O)N3CC(C)OC(C)C3)cc2)oc2c1C(=O)CCC2. The average molecular weight is 424 g/mol. The smallest absolute Gasteiger partial charge is 0.287 e. The molecule has 4 rings (SSSR count). The summed E-state index contributed by atoms with van der Waals surface area (Å²) in [5, 5.41) is 2.85. The van der Waals surface area contributed by atoms with Gasteiger partial charge in [-0.1, -0.05) is 12.1 Å². The monoisotopic (exact) mass is 424 g/mol. The Morgan fingerprint density at radius 1 is 1.10 bits per heavy atom. The Labute approximate surface area is 181 Å². The molecule has 2 aliphatic rings. The second-order valence-corrected chi connectivity index (χ2v) is 8.48. The Hall–Kier alpha value is -2.93. The fraction of sp³-hybridized carbons (Fsp3) is 0.458. The first-order chi connectivity index (χ1) is 14.8. The van der Waals surface area contributed by atoms with E-state index in [4.69, 9.17) is 9.15 Å². The number of Topliss-reactive ketones (excluding diaryl/α,β-unsaturated/α-hetero) is 1. The van der Waals surface area contributed by atoms with Gasteiger partial charge < -0.3 is 19.4 Å². The number of ether oxygens (including phenoxy) is 1. The van der Waals surface area contributed by atoms with E-state index in [9.17, 15) is 14.4 Å². The first-order valence-corrected chi connectivity index (χ1v) is 10.8. The Morgan fingerprint density at radius 2 is 1.77 bits per heavy atom. The molecular formula is C24H28N2O5. The maximum Gasteiger partial charge on any atom is 0.287 e. The molecule has 1 aromatic carbocycles. The lowest BCUT2D eigenvalue weighted by atomic mass is 9.94. The van der Waals surface area contributed by atoms with Gasteiger partial charge in [0.25, 0.3) is 11.8 Å². The van der Waals surface area contributed by atoms with Crippen LogP contribution in [0.4, 0.5) is 0 Å². The first kappa shape index (κ1) is 21.3. The van der Waals surface area contributed by atoms with Gasteiger partial charge in [-0.25, -0.2) is 0 Å². The minimum absolute atomic E-state index is 0.0148. The summed E-state index contributed by atoms with van der Waals surface area (Å²) in [6, 6.07) is 7.24. The van der Waals surface area contributed by atoms with Gasteiger partial charge in [0, 0.05) is 43.6 Å². The fourth-order valence-electron chi connectivity index (χ4n) is 4.42. The predicted octanol–water partition coefficient (Wildman–Crippen LogP) is 3.29. The molecule has 2 heterocycles. The number of aryl methyl sites for hydroxylation is 1. The molecule has 7 nitrogen and oxygen atoms in total. The molecule has 2 aromatic rings. The van der Waals surface area contributed by atoms with Crippen molar-refractivity contribution >= 4 is 17.6 Å². The van der Waals surface area contributed by atoms with Gasteiger partial charge in [0.1, 0.15) is 5.76 Å². The molecule has 7 heteroatoms. The van der Waals surface area contributed by atoms with Crippen LogP contribution in [0, 0.1) is 6.92 Å². The number of fused-ring (bicyclic) bond motifs is 1. The van der Waals surface area contributed by atoms with Crippen LogP contribution in [0.2, 0.25) is 0 Å². The molecule has 1 aromatic heterocycles. The largest absolute Gasteiger partial charge is 0.455 e. The standard InChI is InChI=1S/C24H28N2O5/c1-14-12-26(13-15(2)30-14)24(29)18-9-7-17(8-10-18)11-25-23(28)22-16(3)21-19(27)5-4-6-20(21)31-22/h7-10,14-15H,4-6,11-13H2,1-3H3,(H,25,28). The summed E-state index contributed by atoms with van der Waals surface area (Å²) < 4.78 is 11.4. The molecular weight excluding hydrogens is 396 g/mol. The fourth-order valence-corrected chi connectivity index (χ4v) is 4.42. The number of ketones is 1. The highest BCUT2D eigenvalue weighted by molar-refractivity contribution is 6.03. The lowest BCUT2D eigenvalue weighted by Gasteiger charge is -2.35. The molecule has 1 fully saturated rings. The maximum absolute atomic E-state index is 12.8. The Bertz CT molecular complexity index is 998. The van der Waals surface area contributed by atoms with Crippen molar-refractivity contribution in [3.05, 3.63) is 58.0 Å². The topological polar surface area (TPSA) is 88.8 Å². The zero-order valence-electron chi connectivity index (χ0n) is 18.2. The molecule has 0 radical (unpaired) electrons.